The fourth-order valence-corrected chi connectivity index (χ4v) is 3.43. The van der Waals surface area contributed by atoms with Crippen molar-refractivity contribution in [3.63, 3.8) is 0 Å². The Morgan fingerprint density at radius 1 is 1.25 bits per heavy atom. The molecule has 24 heavy (non-hydrogen) atoms. The van der Waals surface area contributed by atoms with Crippen molar-refractivity contribution in [3.05, 3.63) is 53.1 Å². The van der Waals surface area contributed by atoms with Crippen molar-refractivity contribution >= 4 is 11.0 Å². The zero-order chi connectivity index (χ0) is 16.7. The molecule has 0 radical (unpaired) electrons. The second kappa shape index (κ2) is 5.94. The first-order valence-electron chi connectivity index (χ1n) is 8.33. The first-order chi connectivity index (χ1) is 11.7. The van der Waals surface area contributed by atoms with Gasteiger partial charge in [0.15, 0.2) is 5.82 Å². The molecule has 0 spiro atoms. The van der Waals surface area contributed by atoms with Gasteiger partial charge in [0.1, 0.15) is 17.2 Å². The molecule has 3 heterocycles. The fourth-order valence-electron chi connectivity index (χ4n) is 3.43. The van der Waals surface area contributed by atoms with Gasteiger partial charge in [-0.3, -0.25) is 4.90 Å². The molecule has 4 rings (SSSR count). The van der Waals surface area contributed by atoms with Crippen molar-refractivity contribution in [3.8, 4) is 0 Å². The maximum atomic E-state index is 14.0. The molecule has 0 aliphatic carbocycles. The summed E-state index contributed by atoms with van der Waals surface area (Å²) in [5.41, 5.74) is 3.65. The van der Waals surface area contributed by atoms with Crippen LogP contribution in [-0.4, -0.2) is 31.0 Å². The third kappa shape index (κ3) is 2.57. The lowest BCUT2D eigenvalue weighted by Gasteiger charge is -2.27. The van der Waals surface area contributed by atoms with Crippen LogP contribution >= 0.6 is 0 Å². The molecule has 5 nitrogen and oxygen atoms in total. The van der Waals surface area contributed by atoms with Crippen molar-refractivity contribution in [2.24, 2.45) is 0 Å². The Balaban J connectivity index is 1.64. The topological polar surface area (TPSA) is 46.8 Å². The van der Waals surface area contributed by atoms with Gasteiger partial charge >= 0.3 is 0 Å². The highest BCUT2D eigenvalue weighted by Gasteiger charge is 2.21. The lowest BCUT2D eigenvalue weighted by molar-refractivity contribution is 0.232. The fraction of sp³-hybridized carbons (Fsp3) is 0.389. The molecule has 0 saturated carbocycles. The minimum absolute atomic E-state index is 0.256. The van der Waals surface area contributed by atoms with E-state index < -0.39 is 0 Å². The second-order valence-corrected chi connectivity index (χ2v) is 6.23. The molecule has 2 aromatic heterocycles. The van der Waals surface area contributed by atoms with E-state index in [1.165, 1.54) is 11.6 Å². The average Bonchev–Trinajstić information content (AvgIpc) is 2.93. The van der Waals surface area contributed by atoms with Gasteiger partial charge in [0.25, 0.3) is 0 Å². The number of fused-ring (bicyclic) bond motifs is 2. The second-order valence-electron chi connectivity index (χ2n) is 6.23. The molecule has 0 fully saturated rings. The average molecular weight is 325 g/mol. The van der Waals surface area contributed by atoms with Gasteiger partial charge in [-0.1, -0.05) is 6.07 Å². The van der Waals surface area contributed by atoms with Crippen LogP contribution in [0.15, 0.2) is 24.4 Å². The zero-order valence-corrected chi connectivity index (χ0v) is 14.0. The standard InChI is InChI=1S/C18H20FN5/c1-3-24-16-6-4-5-14(19)18(16)22-17(24)11-23-8-7-13-9-20-12(2)21-15(13)10-23/h4-6,9H,3,7-8,10-11H2,1-2H3. The van der Waals surface area contributed by atoms with Gasteiger partial charge in [0, 0.05) is 25.8 Å². The highest BCUT2D eigenvalue weighted by molar-refractivity contribution is 5.76. The molecule has 0 saturated heterocycles. The number of benzene rings is 1. The summed E-state index contributed by atoms with van der Waals surface area (Å²) in [6.07, 6.45) is 2.88. The van der Waals surface area contributed by atoms with E-state index in [2.05, 4.69) is 31.3 Å². The van der Waals surface area contributed by atoms with Gasteiger partial charge < -0.3 is 4.57 Å². The monoisotopic (exact) mass is 325 g/mol. The molecule has 1 aliphatic heterocycles. The number of imidazole rings is 1. The van der Waals surface area contributed by atoms with Crippen LogP contribution in [-0.2, 0) is 26.1 Å². The summed E-state index contributed by atoms with van der Waals surface area (Å²) in [6, 6.07) is 5.14. The highest BCUT2D eigenvalue weighted by Crippen LogP contribution is 2.22. The van der Waals surface area contributed by atoms with Gasteiger partial charge in [0.2, 0.25) is 0 Å². The van der Waals surface area contributed by atoms with Crippen LogP contribution in [0.25, 0.3) is 11.0 Å². The number of hydrogen-bond donors (Lipinski definition) is 0. The van der Waals surface area contributed by atoms with Crippen molar-refractivity contribution < 1.29 is 4.39 Å². The van der Waals surface area contributed by atoms with E-state index in [9.17, 15) is 4.39 Å². The van der Waals surface area contributed by atoms with Crippen LogP contribution in [0.5, 0.6) is 0 Å². The summed E-state index contributed by atoms with van der Waals surface area (Å²) in [5.74, 6) is 1.46. The molecule has 124 valence electrons. The predicted octanol–water partition coefficient (Wildman–Crippen LogP) is 2.85. The lowest BCUT2D eigenvalue weighted by Crippen LogP contribution is -2.32. The van der Waals surface area contributed by atoms with Gasteiger partial charge in [-0.15, -0.1) is 0 Å². The number of halogens is 1. The summed E-state index contributed by atoms with van der Waals surface area (Å²) in [6.45, 7) is 7.19. The molecule has 0 amide bonds. The Hall–Kier alpha value is -2.34. The SMILES string of the molecule is CCn1c(CN2CCc3cnc(C)nc3C2)nc2c(F)cccc21. The minimum atomic E-state index is -0.256. The lowest BCUT2D eigenvalue weighted by atomic mass is 10.1. The number of rotatable bonds is 3. The molecule has 3 aromatic rings. The Labute approximate surface area is 140 Å². The summed E-state index contributed by atoms with van der Waals surface area (Å²) in [7, 11) is 0. The number of nitrogens with zero attached hydrogens (tertiary/aromatic N) is 5. The first kappa shape index (κ1) is 15.2. The van der Waals surface area contributed by atoms with E-state index in [0.717, 1.165) is 48.9 Å². The van der Waals surface area contributed by atoms with Crippen LogP contribution in [0.2, 0.25) is 0 Å². The third-order valence-corrected chi connectivity index (χ3v) is 4.64. The third-order valence-electron chi connectivity index (χ3n) is 4.64. The summed E-state index contributed by atoms with van der Waals surface area (Å²) < 4.78 is 16.1. The quantitative estimate of drug-likeness (QED) is 0.743. The predicted molar refractivity (Wildman–Crippen MR) is 90.0 cm³/mol. The zero-order valence-electron chi connectivity index (χ0n) is 14.0. The number of hydrogen-bond acceptors (Lipinski definition) is 4. The van der Waals surface area contributed by atoms with Gasteiger partial charge in [0.05, 0.1) is 17.8 Å². The molecule has 6 heteroatoms. The Kier molecular flexibility index (Phi) is 3.76. The summed E-state index contributed by atoms with van der Waals surface area (Å²) in [5, 5.41) is 0. The summed E-state index contributed by atoms with van der Waals surface area (Å²) in [4.78, 5) is 15.7. The Bertz CT molecular complexity index is 902. The highest BCUT2D eigenvalue weighted by atomic mass is 19.1. The van der Waals surface area contributed by atoms with Crippen LogP contribution in [0.3, 0.4) is 0 Å². The summed E-state index contributed by atoms with van der Waals surface area (Å²) >= 11 is 0. The number of para-hydroxylation sites is 1. The van der Waals surface area contributed by atoms with E-state index in [4.69, 9.17) is 0 Å². The number of aromatic nitrogens is 4. The minimum Gasteiger partial charge on any atom is -0.327 e. The van der Waals surface area contributed by atoms with Crippen LogP contribution in [0, 0.1) is 12.7 Å². The van der Waals surface area contributed by atoms with Crippen LogP contribution in [0.1, 0.15) is 29.8 Å². The van der Waals surface area contributed by atoms with Crippen molar-refractivity contribution in [1.29, 1.82) is 0 Å². The van der Waals surface area contributed by atoms with Crippen LogP contribution in [0.4, 0.5) is 4.39 Å². The maximum Gasteiger partial charge on any atom is 0.151 e. The Morgan fingerprint density at radius 2 is 2.12 bits per heavy atom. The van der Waals surface area contributed by atoms with Gasteiger partial charge in [-0.05, 0) is 38.0 Å². The molecular weight excluding hydrogens is 305 g/mol. The molecular formula is C18H20FN5. The molecule has 1 aromatic carbocycles. The van der Waals surface area contributed by atoms with E-state index in [0.29, 0.717) is 12.1 Å². The molecule has 0 bridgehead atoms. The van der Waals surface area contributed by atoms with Crippen LogP contribution < -0.4 is 0 Å². The van der Waals surface area contributed by atoms with Crippen molar-refractivity contribution in [2.75, 3.05) is 6.54 Å². The Morgan fingerprint density at radius 3 is 2.96 bits per heavy atom. The molecule has 1 aliphatic rings. The van der Waals surface area contributed by atoms with Gasteiger partial charge in [-0.25, -0.2) is 19.3 Å². The van der Waals surface area contributed by atoms with E-state index >= 15 is 0 Å². The maximum absolute atomic E-state index is 14.0. The van der Waals surface area contributed by atoms with E-state index in [1.54, 1.807) is 6.07 Å². The smallest absolute Gasteiger partial charge is 0.151 e. The number of aryl methyl sites for hydroxylation is 2. The molecule has 0 unspecified atom stereocenters. The normalized spacial score (nSPS) is 15.0. The van der Waals surface area contributed by atoms with E-state index in [-0.39, 0.29) is 5.82 Å². The van der Waals surface area contributed by atoms with Crippen molar-refractivity contribution in [2.45, 2.75) is 39.9 Å². The largest absolute Gasteiger partial charge is 0.327 e. The first-order valence-corrected chi connectivity index (χ1v) is 8.33. The van der Waals surface area contributed by atoms with Gasteiger partial charge in [-0.2, -0.15) is 0 Å². The van der Waals surface area contributed by atoms with E-state index in [1.807, 2.05) is 19.2 Å². The molecule has 0 atom stereocenters. The molecule has 0 N–H and O–H groups in total. The van der Waals surface area contributed by atoms with Crippen molar-refractivity contribution in [1.82, 2.24) is 24.4 Å².